The lowest BCUT2D eigenvalue weighted by Crippen LogP contribution is -2.25. The van der Waals surface area contributed by atoms with Crippen LogP contribution in [0.1, 0.15) is 17.3 Å². The highest BCUT2D eigenvalue weighted by atomic mass is 32.2. The van der Waals surface area contributed by atoms with Crippen LogP contribution >= 0.6 is 11.8 Å². The third kappa shape index (κ3) is 2.99. The summed E-state index contributed by atoms with van der Waals surface area (Å²) in [6, 6.07) is 8.30. The van der Waals surface area contributed by atoms with Crippen molar-refractivity contribution in [1.82, 2.24) is 4.90 Å². The standard InChI is InChI=1S/C14H20N2OS/c1-10-8-18-9-13(10)15-12-6-4-11(5-7-12)14(17)16(2)3/h4-7,10,13,15H,8-9H2,1-3H3. The van der Waals surface area contributed by atoms with E-state index in [1.165, 1.54) is 11.5 Å². The van der Waals surface area contributed by atoms with Crippen LogP contribution in [0.3, 0.4) is 0 Å². The van der Waals surface area contributed by atoms with Gasteiger partial charge in [0.15, 0.2) is 0 Å². The van der Waals surface area contributed by atoms with Crippen molar-refractivity contribution in [2.45, 2.75) is 13.0 Å². The van der Waals surface area contributed by atoms with Gasteiger partial charge in [-0.3, -0.25) is 4.79 Å². The van der Waals surface area contributed by atoms with Crippen LogP contribution in [-0.2, 0) is 0 Å². The molecule has 1 aliphatic rings. The van der Waals surface area contributed by atoms with Crippen molar-refractivity contribution in [3.8, 4) is 0 Å². The van der Waals surface area contributed by atoms with Gasteiger partial charge in [-0.05, 0) is 35.9 Å². The van der Waals surface area contributed by atoms with Crippen molar-refractivity contribution in [3.63, 3.8) is 0 Å². The minimum absolute atomic E-state index is 0.0475. The summed E-state index contributed by atoms with van der Waals surface area (Å²) in [5.74, 6) is 3.15. The molecular weight excluding hydrogens is 244 g/mol. The number of carbonyl (C=O) groups is 1. The van der Waals surface area contributed by atoms with Crippen LogP contribution in [0.15, 0.2) is 24.3 Å². The molecule has 2 rings (SSSR count). The van der Waals surface area contributed by atoms with Crippen molar-refractivity contribution >= 4 is 23.4 Å². The number of hydrogen-bond donors (Lipinski definition) is 1. The second kappa shape index (κ2) is 5.65. The van der Waals surface area contributed by atoms with Crippen molar-refractivity contribution in [3.05, 3.63) is 29.8 Å². The molecule has 2 unspecified atom stereocenters. The molecule has 18 heavy (non-hydrogen) atoms. The normalized spacial score (nSPS) is 22.8. The number of anilines is 1. The fourth-order valence-corrected chi connectivity index (χ4v) is 3.43. The predicted octanol–water partition coefficient (Wildman–Crippen LogP) is 2.55. The molecule has 0 bridgehead atoms. The number of thioether (sulfide) groups is 1. The summed E-state index contributed by atoms with van der Waals surface area (Å²) in [5, 5.41) is 3.54. The van der Waals surface area contributed by atoms with Crippen LogP contribution in [0.2, 0.25) is 0 Å². The molecule has 0 aromatic heterocycles. The lowest BCUT2D eigenvalue weighted by molar-refractivity contribution is 0.0827. The Morgan fingerprint density at radius 2 is 1.94 bits per heavy atom. The lowest BCUT2D eigenvalue weighted by Gasteiger charge is -2.18. The van der Waals surface area contributed by atoms with Gasteiger partial charge in [0.05, 0.1) is 0 Å². The van der Waals surface area contributed by atoms with Gasteiger partial charge in [0, 0.05) is 37.1 Å². The van der Waals surface area contributed by atoms with Gasteiger partial charge in [-0.1, -0.05) is 6.92 Å². The molecule has 1 saturated heterocycles. The third-order valence-corrected chi connectivity index (χ3v) is 4.61. The monoisotopic (exact) mass is 264 g/mol. The summed E-state index contributed by atoms with van der Waals surface area (Å²) < 4.78 is 0. The summed E-state index contributed by atoms with van der Waals surface area (Å²) in [6.45, 7) is 2.28. The summed E-state index contributed by atoms with van der Waals surface area (Å²) in [6.07, 6.45) is 0. The first-order valence-electron chi connectivity index (χ1n) is 6.24. The van der Waals surface area contributed by atoms with E-state index in [2.05, 4.69) is 12.2 Å². The molecule has 98 valence electrons. The minimum Gasteiger partial charge on any atom is -0.381 e. The third-order valence-electron chi connectivity index (χ3n) is 3.26. The largest absolute Gasteiger partial charge is 0.381 e. The highest BCUT2D eigenvalue weighted by Crippen LogP contribution is 2.26. The molecule has 0 aliphatic carbocycles. The SMILES string of the molecule is CC1CSCC1Nc1ccc(C(=O)N(C)C)cc1. The van der Waals surface area contributed by atoms with E-state index >= 15 is 0 Å². The molecule has 1 aromatic carbocycles. The van der Waals surface area contributed by atoms with E-state index in [9.17, 15) is 4.79 Å². The van der Waals surface area contributed by atoms with Gasteiger partial charge in [0.25, 0.3) is 5.91 Å². The van der Waals surface area contributed by atoms with Crippen molar-refractivity contribution in [2.24, 2.45) is 5.92 Å². The number of carbonyl (C=O) groups excluding carboxylic acids is 1. The first kappa shape index (κ1) is 13.3. The van der Waals surface area contributed by atoms with Gasteiger partial charge in [-0.15, -0.1) is 0 Å². The van der Waals surface area contributed by atoms with Crippen LogP contribution in [0.5, 0.6) is 0 Å². The molecule has 1 aliphatic heterocycles. The smallest absolute Gasteiger partial charge is 0.253 e. The first-order valence-corrected chi connectivity index (χ1v) is 7.39. The van der Waals surface area contributed by atoms with E-state index in [1.807, 2.05) is 36.0 Å². The molecule has 1 N–H and O–H groups in total. The highest BCUT2D eigenvalue weighted by molar-refractivity contribution is 7.99. The second-order valence-corrected chi connectivity index (χ2v) is 6.12. The number of amides is 1. The first-order chi connectivity index (χ1) is 8.58. The molecule has 0 spiro atoms. The van der Waals surface area contributed by atoms with Crippen LogP contribution in [0.25, 0.3) is 0 Å². The van der Waals surface area contributed by atoms with Gasteiger partial charge in [-0.2, -0.15) is 11.8 Å². The average Bonchev–Trinajstić information content (AvgIpc) is 2.75. The second-order valence-electron chi connectivity index (χ2n) is 5.04. The number of nitrogens with one attached hydrogen (secondary N) is 1. The summed E-state index contributed by atoms with van der Waals surface area (Å²) in [4.78, 5) is 13.3. The zero-order chi connectivity index (χ0) is 13.1. The maximum atomic E-state index is 11.8. The zero-order valence-electron chi connectivity index (χ0n) is 11.1. The van der Waals surface area contributed by atoms with Gasteiger partial charge >= 0.3 is 0 Å². The van der Waals surface area contributed by atoms with Crippen LogP contribution in [0.4, 0.5) is 5.69 Å². The van der Waals surface area contributed by atoms with Gasteiger partial charge in [0.1, 0.15) is 0 Å². The fraction of sp³-hybridized carbons (Fsp3) is 0.500. The van der Waals surface area contributed by atoms with E-state index in [1.54, 1.807) is 19.0 Å². The van der Waals surface area contributed by atoms with E-state index in [4.69, 9.17) is 0 Å². The van der Waals surface area contributed by atoms with E-state index in [0.29, 0.717) is 12.0 Å². The highest BCUT2D eigenvalue weighted by Gasteiger charge is 2.23. The number of hydrogen-bond acceptors (Lipinski definition) is 3. The fourth-order valence-electron chi connectivity index (χ4n) is 2.03. The van der Waals surface area contributed by atoms with E-state index in [-0.39, 0.29) is 5.91 Å². The molecule has 1 fully saturated rings. The van der Waals surface area contributed by atoms with Gasteiger partial charge in [0.2, 0.25) is 0 Å². The molecule has 1 amide bonds. The minimum atomic E-state index is 0.0475. The van der Waals surface area contributed by atoms with Crippen molar-refractivity contribution < 1.29 is 4.79 Å². The summed E-state index contributed by atoms with van der Waals surface area (Å²) >= 11 is 2.00. The molecule has 2 atom stereocenters. The average molecular weight is 264 g/mol. The topological polar surface area (TPSA) is 32.3 Å². The summed E-state index contributed by atoms with van der Waals surface area (Å²) in [7, 11) is 3.54. The molecule has 1 aromatic rings. The lowest BCUT2D eigenvalue weighted by atomic mass is 10.1. The number of nitrogens with zero attached hydrogens (tertiary/aromatic N) is 1. The Kier molecular flexibility index (Phi) is 4.17. The summed E-state index contributed by atoms with van der Waals surface area (Å²) in [5.41, 5.74) is 1.84. The van der Waals surface area contributed by atoms with Crippen LogP contribution < -0.4 is 5.32 Å². The molecule has 0 saturated carbocycles. The maximum absolute atomic E-state index is 11.8. The zero-order valence-corrected chi connectivity index (χ0v) is 12.0. The molecule has 0 radical (unpaired) electrons. The van der Waals surface area contributed by atoms with E-state index < -0.39 is 0 Å². The maximum Gasteiger partial charge on any atom is 0.253 e. The Morgan fingerprint density at radius 1 is 1.28 bits per heavy atom. The van der Waals surface area contributed by atoms with Crippen molar-refractivity contribution in [2.75, 3.05) is 30.9 Å². The number of rotatable bonds is 3. The molecular formula is C14H20N2OS. The Bertz CT molecular complexity index is 416. The molecule has 4 heteroatoms. The Balaban J connectivity index is 2.01. The van der Waals surface area contributed by atoms with Gasteiger partial charge < -0.3 is 10.2 Å². The quantitative estimate of drug-likeness (QED) is 0.910. The van der Waals surface area contributed by atoms with Crippen LogP contribution in [-0.4, -0.2) is 42.4 Å². The van der Waals surface area contributed by atoms with Crippen molar-refractivity contribution in [1.29, 1.82) is 0 Å². The predicted molar refractivity (Wildman–Crippen MR) is 78.4 cm³/mol. The Labute approximate surface area is 113 Å². The Morgan fingerprint density at radius 3 is 2.44 bits per heavy atom. The Hall–Kier alpha value is -1.16. The molecule has 1 heterocycles. The number of benzene rings is 1. The molecule has 3 nitrogen and oxygen atoms in total. The van der Waals surface area contributed by atoms with E-state index in [0.717, 1.165) is 11.3 Å². The van der Waals surface area contributed by atoms with Crippen LogP contribution in [0, 0.1) is 5.92 Å². The van der Waals surface area contributed by atoms with Gasteiger partial charge in [-0.25, -0.2) is 0 Å².